The normalized spacial score (nSPS) is 19.7. The molecule has 142 valence electrons. The molecule has 1 aromatic heterocycles. The first kappa shape index (κ1) is 16.6. The van der Waals surface area contributed by atoms with Gasteiger partial charge in [-0.25, -0.2) is 0 Å². The molecule has 3 fully saturated rings. The highest BCUT2D eigenvalue weighted by Gasteiger charge is 2.30. The van der Waals surface area contributed by atoms with Gasteiger partial charge >= 0.3 is 6.01 Å². The molecule has 2 aromatic rings. The number of benzene rings is 1. The number of nitrogens with zero attached hydrogens (tertiary/aromatic N) is 4. The van der Waals surface area contributed by atoms with Gasteiger partial charge < -0.3 is 19.5 Å². The topological polar surface area (TPSA) is 74.5 Å². The number of aromatic nitrogens is 2. The summed E-state index contributed by atoms with van der Waals surface area (Å²) < 4.78 is 6.01. The van der Waals surface area contributed by atoms with Crippen LogP contribution in [0.25, 0.3) is 11.5 Å². The molecule has 27 heavy (non-hydrogen) atoms. The van der Waals surface area contributed by atoms with Crippen molar-refractivity contribution in [3.63, 3.8) is 0 Å². The number of carbonyl (C=O) groups is 1. The zero-order valence-electron chi connectivity index (χ0n) is 15.5. The smallest absolute Gasteiger partial charge is 0.318 e. The monoisotopic (exact) mass is 367 g/mol. The first-order valence-corrected chi connectivity index (χ1v) is 10.1. The minimum Gasteiger partial charge on any atom is -0.403 e. The first-order valence-electron chi connectivity index (χ1n) is 10.1. The molecule has 0 atom stereocenters. The van der Waals surface area contributed by atoms with E-state index in [0.29, 0.717) is 11.9 Å². The Morgan fingerprint density at radius 2 is 1.70 bits per heavy atom. The van der Waals surface area contributed by atoms with Gasteiger partial charge in [0.25, 0.3) is 5.89 Å². The lowest BCUT2D eigenvalue weighted by molar-refractivity contribution is -0.117. The van der Waals surface area contributed by atoms with Gasteiger partial charge in [0.2, 0.25) is 5.91 Å². The van der Waals surface area contributed by atoms with Crippen LogP contribution in [0.5, 0.6) is 0 Å². The van der Waals surface area contributed by atoms with Gasteiger partial charge in [-0.15, -0.1) is 5.10 Å². The van der Waals surface area contributed by atoms with Crippen molar-refractivity contribution in [1.29, 1.82) is 0 Å². The van der Waals surface area contributed by atoms with Crippen LogP contribution >= 0.6 is 0 Å². The lowest BCUT2D eigenvalue weighted by atomic mass is 10.1. The quantitative estimate of drug-likeness (QED) is 0.874. The SMILES string of the molecule is O=C(Nc1ccc(-c2nnc(N3CCCC3)o2)c(N2CCCC2)c1)C1CC1. The molecule has 2 saturated heterocycles. The van der Waals surface area contributed by atoms with Crippen LogP contribution in [0.2, 0.25) is 0 Å². The molecule has 1 N–H and O–H groups in total. The van der Waals surface area contributed by atoms with Crippen molar-refractivity contribution < 1.29 is 9.21 Å². The molecular weight excluding hydrogens is 342 g/mol. The minimum absolute atomic E-state index is 0.129. The largest absolute Gasteiger partial charge is 0.403 e. The van der Waals surface area contributed by atoms with Gasteiger partial charge in [0, 0.05) is 37.8 Å². The molecule has 7 heteroatoms. The third kappa shape index (κ3) is 3.38. The predicted molar refractivity (Wildman–Crippen MR) is 104 cm³/mol. The highest BCUT2D eigenvalue weighted by Crippen LogP contribution is 2.37. The van der Waals surface area contributed by atoms with Crippen LogP contribution in [-0.2, 0) is 4.79 Å². The van der Waals surface area contributed by atoms with Crippen molar-refractivity contribution in [3.05, 3.63) is 18.2 Å². The Labute approximate surface area is 158 Å². The van der Waals surface area contributed by atoms with Crippen LogP contribution in [0.3, 0.4) is 0 Å². The molecule has 1 saturated carbocycles. The van der Waals surface area contributed by atoms with Crippen LogP contribution in [0.4, 0.5) is 17.4 Å². The highest BCUT2D eigenvalue weighted by molar-refractivity contribution is 5.95. The summed E-state index contributed by atoms with van der Waals surface area (Å²) in [5.74, 6) is 0.877. The van der Waals surface area contributed by atoms with E-state index >= 15 is 0 Å². The van der Waals surface area contributed by atoms with Crippen molar-refractivity contribution in [2.24, 2.45) is 5.92 Å². The molecule has 1 aromatic carbocycles. The molecule has 0 bridgehead atoms. The number of carbonyl (C=O) groups excluding carboxylic acids is 1. The number of hydrogen-bond donors (Lipinski definition) is 1. The second-order valence-electron chi connectivity index (χ2n) is 7.77. The summed E-state index contributed by atoms with van der Waals surface area (Å²) in [7, 11) is 0. The number of rotatable bonds is 5. The van der Waals surface area contributed by atoms with Crippen molar-refractivity contribution >= 4 is 23.3 Å². The van der Waals surface area contributed by atoms with Gasteiger partial charge in [-0.3, -0.25) is 4.79 Å². The second kappa shape index (κ2) is 6.87. The molecule has 1 amide bonds. The molecule has 3 heterocycles. The Bertz CT molecular complexity index is 833. The zero-order valence-corrected chi connectivity index (χ0v) is 15.5. The van der Waals surface area contributed by atoms with Crippen LogP contribution in [0.1, 0.15) is 38.5 Å². The fraction of sp³-hybridized carbons (Fsp3) is 0.550. The van der Waals surface area contributed by atoms with Crippen molar-refractivity contribution in [1.82, 2.24) is 10.2 Å². The highest BCUT2D eigenvalue weighted by atomic mass is 16.4. The Hall–Kier alpha value is -2.57. The average molecular weight is 367 g/mol. The van der Waals surface area contributed by atoms with Crippen LogP contribution < -0.4 is 15.1 Å². The molecule has 0 radical (unpaired) electrons. The summed E-state index contributed by atoms with van der Waals surface area (Å²) in [6.45, 7) is 3.99. The average Bonchev–Trinajstić information content (AvgIpc) is 3.14. The first-order chi connectivity index (χ1) is 13.3. The van der Waals surface area contributed by atoms with E-state index in [9.17, 15) is 4.79 Å². The fourth-order valence-corrected chi connectivity index (χ4v) is 3.96. The van der Waals surface area contributed by atoms with E-state index < -0.39 is 0 Å². The molecule has 2 aliphatic heterocycles. The second-order valence-corrected chi connectivity index (χ2v) is 7.77. The summed E-state index contributed by atoms with van der Waals surface area (Å²) in [6, 6.07) is 6.61. The minimum atomic E-state index is 0.129. The van der Waals surface area contributed by atoms with Crippen molar-refractivity contribution in [2.75, 3.05) is 41.3 Å². The Morgan fingerprint density at radius 1 is 1.00 bits per heavy atom. The van der Waals surface area contributed by atoms with E-state index in [1.807, 2.05) is 12.1 Å². The summed E-state index contributed by atoms with van der Waals surface area (Å²) in [5, 5.41) is 11.6. The van der Waals surface area contributed by atoms with Gasteiger partial charge in [0.05, 0.1) is 11.3 Å². The summed E-state index contributed by atoms with van der Waals surface area (Å²) in [4.78, 5) is 16.6. The molecule has 5 rings (SSSR count). The lowest BCUT2D eigenvalue weighted by Crippen LogP contribution is -2.19. The molecule has 1 aliphatic carbocycles. The van der Waals surface area contributed by atoms with Crippen LogP contribution in [0.15, 0.2) is 22.6 Å². The maximum absolute atomic E-state index is 12.1. The molecular formula is C20H25N5O2. The van der Waals surface area contributed by atoms with E-state index in [4.69, 9.17) is 4.42 Å². The maximum Gasteiger partial charge on any atom is 0.318 e. The van der Waals surface area contributed by atoms with Gasteiger partial charge in [0.15, 0.2) is 0 Å². The van der Waals surface area contributed by atoms with E-state index in [-0.39, 0.29) is 11.8 Å². The van der Waals surface area contributed by atoms with E-state index in [0.717, 1.165) is 56.0 Å². The van der Waals surface area contributed by atoms with Crippen molar-refractivity contribution in [2.45, 2.75) is 38.5 Å². The summed E-state index contributed by atoms with van der Waals surface area (Å²) in [5.41, 5.74) is 2.86. The molecule has 0 unspecified atom stereocenters. The molecule has 0 spiro atoms. The molecule has 3 aliphatic rings. The van der Waals surface area contributed by atoms with Gasteiger partial charge in [-0.1, -0.05) is 5.10 Å². The van der Waals surface area contributed by atoms with Gasteiger partial charge in [0.1, 0.15) is 0 Å². The third-order valence-corrected chi connectivity index (χ3v) is 5.68. The van der Waals surface area contributed by atoms with Crippen LogP contribution in [-0.4, -0.2) is 42.3 Å². The lowest BCUT2D eigenvalue weighted by Gasteiger charge is -2.21. The molecule has 7 nitrogen and oxygen atoms in total. The predicted octanol–water partition coefficient (Wildman–Crippen LogP) is 3.29. The zero-order chi connectivity index (χ0) is 18.2. The van der Waals surface area contributed by atoms with Crippen LogP contribution in [0, 0.1) is 5.92 Å². The number of amides is 1. The standard InChI is InChI=1S/C20H25N5O2/c26-18(14-5-6-14)21-15-7-8-16(17(13-15)24-9-1-2-10-24)19-22-23-20(27-19)25-11-3-4-12-25/h7-8,13-14H,1-6,9-12H2,(H,21,26). The Morgan fingerprint density at radius 3 is 2.41 bits per heavy atom. The number of nitrogens with one attached hydrogen (secondary N) is 1. The fourth-order valence-electron chi connectivity index (χ4n) is 3.96. The van der Waals surface area contributed by atoms with E-state index in [1.165, 1.54) is 25.7 Å². The maximum atomic E-state index is 12.1. The number of anilines is 3. The Kier molecular flexibility index (Phi) is 4.22. The Balaban J connectivity index is 1.45. The van der Waals surface area contributed by atoms with Gasteiger partial charge in [-0.05, 0) is 56.7 Å². The van der Waals surface area contributed by atoms with E-state index in [2.05, 4.69) is 31.4 Å². The third-order valence-electron chi connectivity index (χ3n) is 5.68. The number of hydrogen-bond acceptors (Lipinski definition) is 6. The van der Waals surface area contributed by atoms with Gasteiger partial charge in [-0.2, -0.15) is 0 Å². The van der Waals surface area contributed by atoms with E-state index in [1.54, 1.807) is 0 Å². The summed E-state index contributed by atoms with van der Waals surface area (Å²) in [6.07, 6.45) is 6.72. The summed E-state index contributed by atoms with van der Waals surface area (Å²) >= 11 is 0. The van der Waals surface area contributed by atoms with Crippen molar-refractivity contribution in [3.8, 4) is 11.5 Å².